The predicted octanol–water partition coefficient (Wildman–Crippen LogP) is -3.53. The first-order chi connectivity index (χ1) is 36.3. The lowest BCUT2D eigenvalue weighted by molar-refractivity contribution is -0.143. The minimum atomic E-state index is -1.71. The highest BCUT2D eigenvalue weighted by Crippen LogP contribution is 2.13. The average Bonchev–Trinajstić information content (AvgIpc) is 3.36. The van der Waals surface area contributed by atoms with E-state index in [4.69, 9.17) is 16.6 Å². The van der Waals surface area contributed by atoms with Gasteiger partial charge in [-0.2, -0.15) is 0 Å². The summed E-state index contributed by atoms with van der Waals surface area (Å²) >= 11 is 0. The number of nitrogens with one attached hydrogen (secondary N) is 8. The van der Waals surface area contributed by atoms with Gasteiger partial charge in [0.25, 0.3) is 0 Å². The molecule has 0 aliphatic rings. The van der Waals surface area contributed by atoms with Crippen LogP contribution in [0.4, 0.5) is 0 Å². The van der Waals surface area contributed by atoms with Gasteiger partial charge >= 0.3 is 23.9 Å². The molecule has 77 heavy (non-hydrogen) atoms. The smallest absolute Gasteiger partial charge is 0.326 e. The van der Waals surface area contributed by atoms with E-state index in [2.05, 4.69) is 42.5 Å². The number of benzene rings is 2. The van der Waals surface area contributed by atoms with Crippen molar-refractivity contribution in [2.75, 3.05) is 19.7 Å². The largest absolute Gasteiger partial charge is 0.508 e. The number of phenols is 1. The topological polar surface area (TPSA) is 474 Å². The number of nitrogens with two attached hydrogens (primary N) is 2. The molecular weight excluding hydrogens is 1020 g/mol. The van der Waals surface area contributed by atoms with Gasteiger partial charge in [0.2, 0.25) is 47.3 Å². The Hall–Kier alpha value is -8.24. The SMILES string of the molecule is CC(C)C[C@H](NC(=O)[C@H](CO)NC(=O)[C@H](Cc1ccc(O)cc1)NC(=O)CNC(=O)[C@H](CCC(=O)O)NC(=O)[C@H](CCCCN)NC(=O)[C@H](CCC(=O)O)NC(=O)[C@H](Cc1ccccc1)NC(=O)[C@@H](N)CC(=O)O)C(=O)O. The Morgan fingerprint density at radius 2 is 0.948 bits per heavy atom. The summed E-state index contributed by atoms with van der Waals surface area (Å²) in [6.45, 7) is 1.66. The van der Waals surface area contributed by atoms with Crippen LogP contribution in [-0.4, -0.2) is 170 Å². The Morgan fingerprint density at radius 1 is 0.506 bits per heavy atom. The van der Waals surface area contributed by atoms with E-state index in [-0.39, 0.29) is 50.3 Å². The number of aromatic hydroxyl groups is 1. The van der Waals surface area contributed by atoms with Crippen LogP contribution in [0.2, 0.25) is 0 Å². The number of hydrogen-bond acceptors (Lipinski definition) is 16. The Bertz CT molecular complexity index is 2360. The van der Waals surface area contributed by atoms with Gasteiger partial charge in [0.1, 0.15) is 48.0 Å². The second kappa shape index (κ2) is 33.6. The van der Waals surface area contributed by atoms with Crippen molar-refractivity contribution in [3.05, 3.63) is 65.7 Å². The summed E-state index contributed by atoms with van der Waals surface area (Å²) in [7, 11) is 0. The van der Waals surface area contributed by atoms with Crippen LogP contribution < -0.4 is 54.0 Å². The van der Waals surface area contributed by atoms with Gasteiger partial charge in [-0.1, -0.05) is 56.3 Å². The van der Waals surface area contributed by atoms with Crippen LogP contribution in [0.1, 0.15) is 82.8 Å². The number of carbonyl (C=O) groups is 12. The van der Waals surface area contributed by atoms with E-state index in [9.17, 15) is 83.1 Å². The lowest BCUT2D eigenvalue weighted by atomic mass is 10.0. The Labute approximate surface area is 442 Å². The quantitative estimate of drug-likeness (QED) is 0.0294. The van der Waals surface area contributed by atoms with E-state index in [1.54, 1.807) is 44.2 Å². The standard InChI is InChI=1S/C49H70N10O18/c1-26(2)20-36(49(76)77)58-48(75)37(25-60)59-46(73)34(22-28-11-13-29(61)14-12-28)53-38(62)24-52-43(70)32(15-17-39(63)64)55-44(71)31(10-6-7-19-50)54-45(72)33(16-18-40(65)66)56-47(74)35(21-27-8-4-3-5-9-27)57-42(69)30(51)23-41(67)68/h3-5,8-9,11-14,26,30-37,60-61H,6-7,10,15-25,50-51H2,1-2H3,(H,52,70)(H,53,62)(H,54,72)(H,55,71)(H,56,74)(H,57,69)(H,58,75)(H,59,73)(H,63,64)(H,65,66)(H,67,68)(H,76,77)/t30-,31-,32-,33-,34-,35-,36-,37-/m0/s1. The third-order valence-electron chi connectivity index (χ3n) is 11.4. The van der Waals surface area contributed by atoms with Crippen molar-refractivity contribution >= 4 is 71.1 Å². The molecule has 8 amide bonds. The molecule has 0 spiro atoms. The summed E-state index contributed by atoms with van der Waals surface area (Å²) in [5.41, 5.74) is 12.3. The molecule has 8 atom stereocenters. The van der Waals surface area contributed by atoms with Crippen molar-refractivity contribution in [3.63, 3.8) is 0 Å². The minimum absolute atomic E-state index is 0.0155. The number of carbonyl (C=O) groups excluding carboxylic acids is 8. The third kappa shape index (κ3) is 25.2. The summed E-state index contributed by atoms with van der Waals surface area (Å²) in [6.07, 6.45) is -3.48. The molecule has 0 aromatic heterocycles. The van der Waals surface area contributed by atoms with Gasteiger partial charge in [0, 0.05) is 25.7 Å². The van der Waals surface area contributed by atoms with Gasteiger partial charge in [-0.15, -0.1) is 0 Å². The number of carboxylic acid groups (broad SMARTS) is 4. The number of carboxylic acids is 4. The monoisotopic (exact) mass is 1090 g/mol. The van der Waals surface area contributed by atoms with E-state index in [1.165, 1.54) is 24.3 Å². The van der Waals surface area contributed by atoms with Crippen molar-refractivity contribution in [1.29, 1.82) is 0 Å². The van der Waals surface area contributed by atoms with Gasteiger partial charge in [-0.25, -0.2) is 4.79 Å². The molecule has 18 N–H and O–H groups in total. The normalized spacial score (nSPS) is 14.1. The first-order valence-corrected chi connectivity index (χ1v) is 24.5. The molecule has 0 radical (unpaired) electrons. The van der Waals surface area contributed by atoms with Crippen LogP contribution in [-0.2, 0) is 70.4 Å². The second-order valence-corrected chi connectivity index (χ2v) is 18.3. The number of amides is 8. The Kier molecular flexibility index (Phi) is 28.3. The third-order valence-corrected chi connectivity index (χ3v) is 11.4. The van der Waals surface area contributed by atoms with Crippen LogP contribution >= 0.6 is 0 Å². The van der Waals surface area contributed by atoms with Crippen molar-refractivity contribution in [2.24, 2.45) is 17.4 Å². The van der Waals surface area contributed by atoms with Gasteiger partial charge in [-0.3, -0.25) is 52.7 Å². The van der Waals surface area contributed by atoms with Crippen LogP contribution in [0.15, 0.2) is 54.6 Å². The summed E-state index contributed by atoms with van der Waals surface area (Å²) in [5, 5.41) is 76.2. The highest BCUT2D eigenvalue weighted by atomic mass is 16.4. The summed E-state index contributed by atoms with van der Waals surface area (Å²) in [6, 6.07) is 0.906. The molecule has 0 heterocycles. The predicted molar refractivity (Wildman–Crippen MR) is 270 cm³/mol. The van der Waals surface area contributed by atoms with Crippen molar-refractivity contribution in [3.8, 4) is 5.75 Å². The molecule has 2 aromatic carbocycles. The number of phenolic OH excluding ortho intramolecular Hbond substituents is 1. The molecule has 424 valence electrons. The molecule has 28 heteroatoms. The summed E-state index contributed by atoms with van der Waals surface area (Å²) < 4.78 is 0. The number of hydrogen-bond donors (Lipinski definition) is 16. The van der Waals surface area contributed by atoms with Gasteiger partial charge in [0.15, 0.2) is 0 Å². The maximum absolute atomic E-state index is 14.0. The fourth-order valence-corrected chi connectivity index (χ4v) is 7.32. The number of rotatable bonds is 36. The molecule has 0 bridgehead atoms. The maximum Gasteiger partial charge on any atom is 0.326 e. The molecule has 0 aliphatic heterocycles. The van der Waals surface area contributed by atoms with E-state index in [0.717, 1.165) is 0 Å². The number of aliphatic hydroxyl groups is 1. The van der Waals surface area contributed by atoms with E-state index in [1.807, 2.05) is 0 Å². The number of unbranched alkanes of at least 4 members (excludes halogenated alkanes) is 1. The summed E-state index contributed by atoms with van der Waals surface area (Å²) in [5.74, 6) is -14.3. The fraction of sp³-hybridized carbons (Fsp3) is 0.510. The first-order valence-electron chi connectivity index (χ1n) is 24.5. The van der Waals surface area contributed by atoms with Crippen LogP contribution in [0.5, 0.6) is 5.75 Å². The minimum Gasteiger partial charge on any atom is -0.508 e. The summed E-state index contributed by atoms with van der Waals surface area (Å²) in [4.78, 5) is 155. The Morgan fingerprint density at radius 3 is 1.43 bits per heavy atom. The van der Waals surface area contributed by atoms with Gasteiger partial charge in [-0.05, 0) is 74.2 Å². The molecule has 0 aliphatic carbocycles. The highest BCUT2D eigenvalue weighted by Gasteiger charge is 2.34. The van der Waals surface area contributed by atoms with E-state index >= 15 is 0 Å². The zero-order valence-electron chi connectivity index (χ0n) is 42.5. The molecule has 0 saturated heterocycles. The zero-order valence-corrected chi connectivity index (χ0v) is 42.5. The Balaban J connectivity index is 2.37. The van der Waals surface area contributed by atoms with Gasteiger partial charge < -0.3 is 84.6 Å². The molecular formula is C49H70N10O18. The second-order valence-electron chi connectivity index (χ2n) is 18.3. The molecule has 0 unspecified atom stereocenters. The number of aliphatic hydroxyl groups excluding tert-OH is 1. The van der Waals surface area contributed by atoms with Crippen molar-refractivity contribution in [1.82, 2.24) is 42.5 Å². The molecule has 0 fully saturated rings. The molecule has 2 aromatic rings. The maximum atomic E-state index is 14.0. The van der Waals surface area contributed by atoms with Crippen LogP contribution in [0.25, 0.3) is 0 Å². The first kappa shape index (κ1) is 64.9. The van der Waals surface area contributed by atoms with E-state index < -0.39 is 165 Å². The van der Waals surface area contributed by atoms with E-state index in [0.29, 0.717) is 17.5 Å². The van der Waals surface area contributed by atoms with Crippen molar-refractivity contribution in [2.45, 2.75) is 133 Å². The number of aliphatic carboxylic acids is 4. The lowest BCUT2D eigenvalue weighted by Crippen LogP contribution is -2.59. The fourth-order valence-electron chi connectivity index (χ4n) is 7.32. The highest BCUT2D eigenvalue weighted by molar-refractivity contribution is 5.98. The molecule has 2 rings (SSSR count). The zero-order chi connectivity index (χ0) is 57.8. The van der Waals surface area contributed by atoms with Crippen LogP contribution in [0.3, 0.4) is 0 Å². The van der Waals surface area contributed by atoms with Gasteiger partial charge in [0.05, 0.1) is 25.6 Å². The van der Waals surface area contributed by atoms with Crippen LogP contribution in [0, 0.1) is 5.92 Å². The lowest BCUT2D eigenvalue weighted by Gasteiger charge is -2.27. The molecule has 28 nitrogen and oxygen atoms in total. The average molecular weight is 1090 g/mol. The molecule has 0 saturated carbocycles. The van der Waals surface area contributed by atoms with Crippen molar-refractivity contribution < 1.29 is 88.2 Å².